The number of nitrogen functional groups attached to an aromatic ring is 1. The highest BCUT2D eigenvalue weighted by Gasteiger charge is 2.13. The van der Waals surface area contributed by atoms with Crippen molar-refractivity contribution in [3.8, 4) is 17.2 Å². The third-order valence-corrected chi connectivity index (χ3v) is 3.98. The molecule has 3 aromatic rings. The number of nitrogens with two attached hydrogens (primary N) is 1. The molecule has 0 radical (unpaired) electrons. The lowest BCUT2D eigenvalue weighted by molar-refractivity contribution is 0.342. The number of para-hydroxylation sites is 2. The highest BCUT2D eigenvalue weighted by atomic mass is 16.5. The molecule has 3 rings (SSSR count). The summed E-state index contributed by atoms with van der Waals surface area (Å²) in [6.45, 7) is 2.49. The van der Waals surface area contributed by atoms with Gasteiger partial charge in [-0.1, -0.05) is 12.1 Å². The molecule has 2 aromatic carbocycles. The van der Waals surface area contributed by atoms with Gasteiger partial charge in [0.05, 0.1) is 32.2 Å². The van der Waals surface area contributed by atoms with E-state index in [4.69, 9.17) is 19.9 Å². The Balaban J connectivity index is 1.90. The molecule has 8 nitrogen and oxygen atoms in total. The quantitative estimate of drug-likeness (QED) is 0.539. The molecule has 1 aromatic heterocycles. The van der Waals surface area contributed by atoms with Gasteiger partial charge in [0.1, 0.15) is 29.3 Å². The number of methoxy groups -OCH3 is 2. The van der Waals surface area contributed by atoms with Gasteiger partial charge in [-0.25, -0.2) is 9.97 Å². The van der Waals surface area contributed by atoms with Crippen molar-refractivity contribution in [3.63, 3.8) is 0 Å². The molecule has 28 heavy (non-hydrogen) atoms. The molecule has 0 saturated carbocycles. The van der Waals surface area contributed by atoms with Crippen LogP contribution in [0.1, 0.15) is 6.92 Å². The van der Waals surface area contributed by atoms with Crippen LogP contribution in [0.2, 0.25) is 0 Å². The minimum atomic E-state index is 0.360. The largest absolute Gasteiger partial charge is 0.497 e. The van der Waals surface area contributed by atoms with Crippen molar-refractivity contribution >= 4 is 28.7 Å². The number of rotatable bonds is 8. The maximum Gasteiger partial charge on any atom is 0.159 e. The lowest BCUT2D eigenvalue weighted by Gasteiger charge is -2.16. The number of ether oxygens (including phenoxy) is 3. The second kappa shape index (κ2) is 8.81. The second-order valence-corrected chi connectivity index (χ2v) is 5.73. The molecular formula is C20H23N5O3. The Hall–Kier alpha value is -3.68. The Labute approximate surface area is 163 Å². The first kappa shape index (κ1) is 19.1. The van der Waals surface area contributed by atoms with Gasteiger partial charge in [0.15, 0.2) is 11.6 Å². The Morgan fingerprint density at radius 3 is 2.29 bits per heavy atom. The topological polar surface area (TPSA) is 104 Å². The number of nitrogens with zero attached hydrogens (tertiary/aromatic N) is 2. The molecule has 0 unspecified atom stereocenters. The number of aromatic nitrogens is 2. The Kier molecular flexibility index (Phi) is 6.01. The minimum absolute atomic E-state index is 0.360. The molecule has 0 amide bonds. The summed E-state index contributed by atoms with van der Waals surface area (Å²) in [6, 6.07) is 13.0. The average Bonchev–Trinajstić information content (AvgIpc) is 2.72. The van der Waals surface area contributed by atoms with E-state index in [1.807, 2.05) is 37.3 Å². The normalized spacial score (nSPS) is 10.2. The van der Waals surface area contributed by atoms with Crippen LogP contribution >= 0.6 is 0 Å². The van der Waals surface area contributed by atoms with E-state index in [-0.39, 0.29) is 0 Å². The zero-order chi connectivity index (χ0) is 19.9. The Bertz CT molecular complexity index is 949. The third-order valence-electron chi connectivity index (χ3n) is 3.98. The van der Waals surface area contributed by atoms with Gasteiger partial charge >= 0.3 is 0 Å². The van der Waals surface area contributed by atoms with E-state index in [2.05, 4.69) is 20.6 Å². The van der Waals surface area contributed by atoms with Gasteiger partial charge in [0.25, 0.3) is 0 Å². The van der Waals surface area contributed by atoms with Crippen LogP contribution in [-0.2, 0) is 0 Å². The molecule has 0 spiro atoms. The van der Waals surface area contributed by atoms with Crippen LogP contribution in [0.4, 0.5) is 28.7 Å². The van der Waals surface area contributed by atoms with Crippen molar-refractivity contribution in [3.05, 3.63) is 48.8 Å². The summed E-state index contributed by atoms with van der Waals surface area (Å²) in [5.41, 5.74) is 8.10. The lowest BCUT2D eigenvalue weighted by Crippen LogP contribution is -2.06. The predicted octanol–water partition coefficient (Wildman–Crippen LogP) is 3.96. The van der Waals surface area contributed by atoms with Crippen LogP contribution in [0.5, 0.6) is 17.2 Å². The molecule has 0 fully saturated rings. The maximum absolute atomic E-state index is 6.30. The minimum Gasteiger partial charge on any atom is -0.497 e. The van der Waals surface area contributed by atoms with Crippen molar-refractivity contribution in [2.75, 3.05) is 37.2 Å². The Morgan fingerprint density at radius 1 is 0.893 bits per heavy atom. The van der Waals surface area contributed by atoms with Gasteiger partial charge in [-0.3, -0.25) is 0 Å². The Morgan fingerprint density at radius 2 is 1.61 bits per heavy atom. The van der Waals surface area contributed by atoms with Crippen LogP contribution in [0.25, 0.3) is 0 Å². The highest BCUT2D eigenvalue weighted by molar-refractivity contribution is 5.82. The van der Waals surface area contributed by atoms with E-state index in [1.54, 1.807) is 26.4 Å². The standard InChI is InChI=1S/C20H23N5O3/c1-4-28-17-8-6-5-7-14(17)24-19-18(21)20(23-12-22-19)25-15-11-13(26-2)9-10-16(15)27-3/h5-12H,4,21H2,1-3H3,(H2,22,23,24,25). The molecule has 0 aliphatic carbocycles. The van der Waals surface area contributed by atoms with E-state index in [0.29, 0.717) is 46.9 Å². The lowest BCUT2D eigenvalue weighted by atomic mass is 10.2. The van der Waals surface area contributed by atoms with Crippen LogP contribution in [-0.4, -0.2) is 30.8 Å². The van der Waals surface area contributed by atoms with E-state index in [9.17, 15) is 0 Å². The van der Waals surface area contributed by atoms with Crippen LogP contribution < -0.4 is 30.6 Å². The van der Waals surface area contributed by atoms with Gasteiger partial charge < -0.3 is 30.6 Å². The molecule has 4 N–H and O–H groups in total. The van der Waals surface area contributed by atoms with E-state index < -0.39 is 0 Å². The molecule has 8 heteroatoms. The molecular weight excluding hydrogens is 358 g/mol. The molecule has 146 valence electrons. The fourth-order valence-corrected chi connectivity index (χ4v) is 2.61. The van der Waals surface area contributed by atoms with Crippen molar-refractivity contribution in [1.29, 1.82) is 0 Å². The second-order valence-electron chi connectivity index (χ2n) is 5.73. The first-order valence-electron chi connectivity index (χ1n) is 8.74. The number of anilines is 5. The van der Waals surface area contributed by atoms with Gasteiger partial charge in [0.2, 0.25) is 0 Å². The highest BCUT2D eigenvalue weighted by Crippen LogP contribution is 2.35. The SMILES string of the molecule is CCOc1ccccc1Nc1ncnc(Nc2cc(OC)ccc2OC)c1N. The van der Waals surface area contributed by atoms with Crippen molar-refractivity contribution in [2.45, 2.75) is 6.92 Å². The summed E-state index contributed by atoms with van der Waals surface area (Å²) >= 11 is 0. The molecule has 0 aliphatic heterocycles. The smallest absolute Gasteiger partial charge is 0.159 e. The van der Waals surface area contributed by atoms with Gasteiger partial charge in [0, 0.05) is 6.07 Å². The van der Waals surface area contributed by atoms with Crippen LogP contribution in [0, 0.1) is 0 Å². The first-order valence-corrected chi connectivity index (χ1v) is 8.74. The van der Waals surface area contributed by atoms with Crippen LogP contribution in [0.3, 0.4) is 0 Å². The van der Waals surface area contributed by atoms with Gasteiger partial charge in [-0.15, -0.1) is 0 Å². The number of hydrogen-bond acceptors (Lipinski definition) is 8. The van der Waals surface area contributed by atoms with Crippen molar-refractivity contribution in [1.82, 2.24) is 9.97 Å². The monoisotopic (exact) mass is 381 g/mol. The summed E-state index contributed by atoms with van der Waals surface area (Å²) in [7, 11) is 3.19. The summed E-state index contributed by atoms with van der Waals surface area (Å²) in [5.74, 6) is 2.94. The predicted molar refractivity (Wildman–Crippen MR) is 110 cm³/mol. The summed E-state index contributed by atoms with van der Waals surface area (Å²) in [5, 5.41) is 6.39. The van der Waals surface area contributed by atoms with Gasteiger partial charge in [-0.2, -0.15) is 0 Å². The van der Waals surface area contributed by atoms with E-state index in [0.717, 1.165) is 5.69 Å². The number of hydrogen-bond donors (Lipinski definition) is 3. The maximum atomic E-state index is 6.30. The first-order chi connectivity index (χ1) is 13.7. The fraction of sp³-hybridized carbons (Fsp3) is 0.200. The summed E-state index contributed by atoms with van der Waals surface area (Å²) in [4.78, 5) is 8.51. The molecule has 1 heterocycles. The van der Waals surface area contributed by atoms with E-state index in [1.165, 1.54) is 6.33 Å². The zero-order valence-corrected chi connectivity index (χ0v) is 16.0. The van der Waals surface area contributed by atoms with Crippen molar-refractivity contribution in [2.24, 2.45) is 0 Å². The molecule has 0 bridgehead atoms. The van der Waals surface area contributed by atoms with E-state index >= 15 is 0 Å². The number of benzene rings is 2. The summed E-state index contributed by atoms with van der Waals surface area (Å²) in [6.07, 6.45) is 1.43. The number of nitrogens with one attached hydrogen (secondary N) is 2. The third kappa shape index (κ3) is 4.17. The molecule has 0 atom stereocenters. The zero-order valence-electron chi connectivity index (χ0n) is 16.0. The summed E-state index contributed by atoms with van der Waals surface area (Å²) < 4.78 is 16.3. The van der Waals surface area contributed by atoms with Crippen molar-refractivity contribution < 1.29 is 14.2 Å². The van der Waals surface area contributed by atoms with Crippen LogP contribution in [0.15, 0.2) is 48.8 Å². The molecule has 0 saturated heterocycles. The van der Waals surface area contributed by atoms with Gasteiger partial charge in [-0.05, 0) is 31.2 Å². The average molecular weight is 381 g/mol. The fourth-order valence-electron chi connectivity index (χ4n) is 2.61. The molecule has 0 aliphatic rings.